The maximum absolute atomic E-state index is 13.2. The van der Waals surface area contributed by atoms with Crippen molar-refractivity contribution in [3.8, 4) is 11.5 Å². The van der Waals surface area contributed by atoms with Gasteiger partial charge in [-0.15, -0.1) is 0 Å². The van der Waals surface area contributed by atoms with Crippen molar-refractivity contribution in [2.24, 2.45) is 4.99 Å². The third kappa shape index (κ3) is 5.66. The Balaban J connectivity index is 1.73. The van der Waals surface area contributed by atoms with Crippen molar-refractivity contribution in [1.82, 2.24) is 4.57 Å². The van der Waals surface area contributed by atoms with Crippen LogP contribution in [0.3, 0.4) is 0 Å². The van der Waals surface area contributed by atoms with E-state index in [9.17, 15) is 17.6 Å². The molecule has 37 heavy (non-hydrogen) atoms. The number of nitrogens with zero attached hydrogens (tertiary/aromatic N) is 2. The predicted octanol–water partition coefficient (Wildman–Crippen LogP) is 4.05. The van der Waals surface area contributed by atoms with Crippen LogP contribution in [0.2, 0.25) is 0 Å². The molecule has 9 nitrogen and oxygen atoms in total. The van der Waals surface area contributed by atoms with Gasteiger partial charge in [-0.25, -0.2) is 12.8 Å². The fourth-order valence-corrected chi connectivity index (χ4v) is 5.84. The highest BCUT2D eigenvalue weighted by Gasteiger charge is 2.18. The molecule has 0 aliphatic carbocycles. The molecular formula is C25H24FN3O6S2. The number of hydrogen-bond acceptors (Lipinski definition) is 7. The highest BCUT2D eigenvalue weighted by atomic mass is 32.2. The lowest BCUT2D eigenvalue weighted by Crippen LogP contribution is -2.19. The summed E-state index contributed by atoms with van der Waals surface area (Å²) in [5.74, 6) is 0.0816. The number of aromatic nitrogens is 1. The number of nitrogens with one attached hydrogen (secondary N) is 1. The molecule has 194 valence electrons. The summed E-state index contributed by atoms with van der Waals surface area (Å²) in [5.41, 5.74) is 1.06. The summed E-state index contributed by atoms with van der Waals surface area (Å²) in [4.78, 5) is 17.8. The van der Waals surface area contributed by atoms with Gasteiger partial charge in [-0.05, 0) is 54.6 Å². The largest absolute Gasteiger partial charge is 0.495 e. The van der Waals surface area contributed by atoms with Crippen molar-refractivity contribution < 1.29 is 31.8 Å². The van der Waals surface area contributed by atoms with Gasteiger partial charge in [-0.3, -0.25) is 9.52 Å². The first-order valence-electron chi connectivity index (χ1n) is 11.0. The number of sulfonamides is 1. The molecule has 0 fully saturated rings. The SMILES string of the molecule is COCCn1c(=NC(=O)c2cccc(NS(=O)(=O)c3ccc(F)cc3)c2)sc2c(OC)ccc(OC)c21. The number of fused-ring (bicyclic) bond motifs is 1. The quantitative estimate of drug-likeness (QED) is 0.340. The molecule has 0 unspecified atom stereocenters. The second-order valence-corrected chi connectivity index (χ2v) is 10.4. The molecule has 12 heteroatoms. The molecule has 0 aliphatic rings. The van der Waals surface area contributed by atoms with Gasteiger partial charge in [-0.2, -0.15) is 4.99 Å². The molecule has 0 bridgehead atoms. The molecule has 0 saturated heterocycles. The topological polar surface area (TPSA) is 108 Å². The van der Waals surface area contributed by atoms with Crippen molar-refractivity contribution in [2.75, 3.05) is 32.7 Å². The van der Waals surface area contributed by atoms with E-state index < -0.39 is 21.7 Å². The van der Waals surface area contributed by atoms with E-state index in [1.54, 1.807) is 39.5 Å². The number of rotatable bonds is 9. The Bertz CT molecular complexity index is 1610. The average Bonchev–Trinajstić information content (AvgIpc) is 3.24. The van der Waals surface area contributed by atoms with Crippen LogP contribution in [0.15, 0.2) is 70.6 Å². The second kappa shape index (κ2) is 11.1. The lowest BCUT2D eigenvalue weighted by atomic mass is 10.2. The Labute approximate surface area is 216 Å². The molecule has 1 amide bonds. The van der Waals surface area contributed by atoms with Crippen LogP contribution < -0.4 is 19.0 Å². The minimum absolute atomic E-state index is 0.109. The van der Waals surface area contributed by atoms with Crippen LogP contribution in [0.1, 0.15) is 10.4 Å². The van der Waals surface area contributed by atoms with E-state index in [0.29, 0.717) is 29.5 Å². The second-order valence-electron chi connectivity index (χ2n) is 7.73. The summed E-state index contributed by atoms with van der Waals surface area (Å²) in [6, 6.07) is 14.0. The zero-order valence-corrected chi connectivity index (χ0v) is 21.9. The molecule has 3 aromatic carbocycles. The molecular weight excluding hydrogens is 521 g/mol. The van der Waals surface area contributed by atoms with E-state index in [2.05, 4.69) is 9.71 Å². The van der Waals surface area contributed by atoms with E-state index in [1.165, 1.54) is 29.5 Å². The maximum atomic E-state index is 13.2. The van der Waals surface area contributed by atoms with Gasteiger partial charge in [0.1, 0.15) is 27.5 Å². The molecule has 0 aliphatic heterocycles. The first kappa shape index (κ1) is 26.3. The Hall–Kier alpha value is -3.74. The summed E-state index contributed by atoms with van der Waals surface area (Å²) >= 11 is 1.26. The van der Waals surface area contributed by atoms with E-state index in [4.69, 9.17) is 14.2 Å². The van der Waals surface area contributed by atoms with Crippen LogP contribution >= 0.6 is 11.3 Å². The van der Waals surface area contributed by atoms with E-state index in [0.717, 1.165) is 34.5 Å². The molecule has 1 aromatic heterocycles. The number of hydrogen-bond donors (Lipinski definition) is 1. The number of methoxy groups -OCH3 is 3. The van der Waals surface area contributed by atoms with Crippen molar-refractivity contribution in [3.63, 3.8) is 0 Å². The van der Waals surface area contributed by atoms with Gasteiger partial charge in [0, 0.05) is 24.9 Å². The third-order valence-electron chi connectivity index (χ3n) is 5.39. The Morgan fingerprint density at radius 3 is 2.41 bits per heavy atom. The van der Waals surface area contributed by atoms with E-state index in [1.807, 2.05) is 4.57 Å². The first-order chi connectivity index (χ1) is 17.8. The van der Waals surface area contributed by atoms with Gasteiger partial charge in [0.25, 0.3) is 15.9 Å². The van der Waals surface area contributed by atoms with Crippen LogP contribution in [0.25, 0.3) is 10.2 Å². The van der Waals surface area contributed by atoms with Crippen molar-refractivity contribution >= 4 is 43.2 Å². The van der Waals surface area contributed by atoms with Crippen LogP contribution in [0.4, 0.5) is 10.1 Å². The molecule has 4 aromatic rings. The van der Waals surface area contributed by atoms with Crippen LogP contribution in [-0.2, 0) is 21.3 Å². The van der Waals surface area contributed by atoms with E-state index >= 15 is 0 Å². The monoisotopic (exact) mass is 545 g/mol. The van der Waals surface area contributed by atoms with Crippen LogP contribution in [-0.4, -0.2) is 46.8 Å². The zero-order valence-electron chi connectivity index (χ0n) is 20.2. The normalized spacial score (nSPS) is 12.1. The third-order valence-corrected chi connectivity index (χ3v) is 7.88. The van der Waals surface area contributed by atoms with Gasteiger partial charge in [0.05, 0.1) is 25.7 Å². The standard InChI is InChI=1S/C25H24FN3O6S2/c1-33-14-13-29-22-20(34-2)11-12-21(35-3)23(22)36-25(29)27-24(30)16-5-4-6-18(15-16)28-37(31,32)19-9-7-17(26)8-10-19/h4-12,15,28H,13-14H2,1-3H3. The summed E-state index contributed by atoms with van der Waals surface area (Å²) in [5, 5.41) is 0. The summed E-state index contributed by atoms with van der Waals surface area (Å²) in [6.07, 6.45) is 0. The molecule has 0 saturated carbocycles. The van der Waals surface area contributed by atoms with E-state index in [-0.39, 0.29) is 16.1 Å². The van der Waals surface area contributed by atoms with Crippen LogP contribution in [0.5, 0.6) is 11.5 Å². The average molecular weight is 546 g/mol. The molecule has 1 N–H and O–H groups in total. The number of carbonyl (C=O) groups is 1. The Kier molecular flexibility index (Phi) is 7.91. The molecule has 0 radical (unpaired) electrons. The minimum atomic E-state index is -3.98. The fourth-order valence-electron chi connectivity index (χ4n) is 3.62. The number of amides is 1. The molecule has 4 rings (SSSR count). The molecule has 0 spiro atoms. The summed E-state index contributed by atoms with van der Waals surface area (Å²) < 4.78 is 59.8. The van der Waals surface area contributed by atoms with Gasteiger partial charge in [-0.1, -0.05) is 17.4 Å². The van der Waals surface area contributed by atoms with Gasteiger partial charge in [0.2, 0.25) is 0 Å². The molecule has 1 heterocycles. The number of benzene rings is 3. The van der Waals surface area contributed by atoms with Crippen molar-refractivity contribution in [3.05, 3.63) is 76.8 Å². The fraction of sp³-hybridized carbons (Fsp3) is 0.200. The highest BCUT2D eigenvalue weighted by Crippen LogP contribution is 2.35. The minimum Gasteiger partial charge on any atom is -0.495 e. The Morgan fingerprint density at radius 1 is 1.03 bits per heavy atom. The lowest BCUT2D eigenvalue weighted by molar-refractivity contribution is 0.0997. The Morgan fingerprint density at radius 2 is 1.73 bits per heavy atom. The predicted molar refractivity (Wildman–Crippen MR) is 138 cm³/mol. The number of ether oxygens (including phenoxy) is 3. The smallest absolute Gasteiger partial charge is 0.279 e. The van der Waals surface area contributed by atoms with Crippen molar-refractivity contribution in [1.29, 1.82) is 0 Å². The number of halogens is 1. The van der Waals surface area contributed by atoms with Gasteiger partial charge in [0.15, 0.2) is 4.80 Å². The maximum Gasteiger partial charge on any atom is 0.279 e. The number of carbonyl (C=O) groups excluding carboxylic acids is 1. The number of anilines is 1. The lowest BCUT2D eigenvalue weighted by Gasteiger charge is -2.10. The number of thiazole rings is 1. The highest BCUT2D eigenvalue weighted by molar-refractivity contribution is 7.92. The zero-order chi connectivity index (χ0) is 26.6. The summed E-state index contributed by atoms with van der Waals surface area (Å²) in [7, 11) is 0.705. The van der Waals surface area contributed by atoms with Crippen LogP contribution in [0, 0.1) is 5.82 Å². The van der Waals surface area contributed by atoms with Gasteiger partial charge < -0.3 is 18.8 Å². The van der Waals surface area contributed by atoms with Gasteiger partial charge >= 0.3 is 0 Å². The van der Waals surface area contributed by atoms with Crippen molar-refractivity contribution in [2.45, 2.75) is 11.4 Å². The first-order valence-corrected chi connectivity index (χ1v) is 13.3. The molecule has 0 atom stereocenters. The summed E-state index contributed by atoms with van der Waals surface area (Å²) in [6.45, 7) is 0.776.